The molecule has 0 spiro atoms. The molecule has 3 N–H and O–H groups in total. The van der Waals surface area contributed by atoms with E-state index in [1.165, 1.54) is 12.8 Å². The van der Waals surface area contributed by atoms with Gasteiger partial charge in [0.2, 0.25) is 5.91 Å². The number of hydrogen-bond donors (Lipinski definition) is 2. The number of carbonyl (C=O) groups is 1. The maximum Gasteiger partial charge on any atom is 0.224 e. The second kappa shape index (κ2) is 4.58. The first-order valence-electron chi connectivity index (χ1n) is 6.95. The van der Waals surface area contributed by atoms with Gasteiger partial charge >= 0.3 is 0 Å². The fourth-order valence-corrected chi connectivity index (χ4v) is 3.56. The zero-order chi connectivity index (χ0) is 11.8. The lowest BCUT2D eigenvalue weighted by Gasteiger charge is -2.30. The third-order valence-corrected chi connectivity index (χ3v) is 4.59. The van der Waals surface area contributed by atoms with Crippen LogP contribution in [0.4, 0.5) is 0 Å². The third kappa shape index (κ3) is 2.20. The second-order valence-corrected chi connectivity index (χ2v) is 5.78. The Morgan fingerprint density at radius 2 is 2.00 bits per heavy atom. The van der Waals surface area contributed by atoms with Crippen molar-refractivity contribution < 1.29 is 9.53 Å². The maximum absolute atomic E-state index is 12.2. The van der Waals surface area contributed by atoms with Gasteiger partial charge in [0, 0.05) is 6.04 Å². The molecule has 4 nitrogen and oxygen atoms in total. The molecule has 0 radical (unpaired) electrons. The van der Waals surface area contributed by atoms with Crippen molar-refractivity contribution in [2.24, 2.45) is 11.7 Å². The lowest BCUT2D eigenvalue weighted by molar-refractivity contribution is -0.127. The summed E-state index contributed by atoms with van der Waals surface area (Å²) in [5, 5.41) is 3.17. The van der Waals surface area contributed by atoms with Gasteiger partial charge in [0.05, 0.1) is 24.2 Å². The lowest BCUT2D eigenvalue weighted by Crippen LogP contribution is -2.49. The highest BCUT2D eigenvalue weighted by atomic mass is 16.5. The summed E-state index contributed by atoms with van der Waals surface area (Å²) in [6.45, 7) is 0. The highest BCUT2D eigenvalue weighted by Gasteiger charge is 2.42. The molecule has 2 aliphatic heterocycles. The Morgan fingerprint density at radius 3 is 2.65 bits per heavy atom. The fourth-order valence-electron chi connectivity index (χ4n) is 3.56. The molecular weight excluding hydrogens is 216 g/mol. The molecule has 2 saturated heterocycles. The monoisotopic (exact) mass is 238 g/mol. The van der Waals surface area contributed by atoms with Gasteiger partial charge < -0.3 is 15.8 Å². The largest absolute Gasteiger partial charge is 0.373 e. The smallest absolute Gasteiger partial charge is 0.224 e. The number of rotatable bonds is 2. The van der Waals surface area contributed by atoms with Crippen LogP contribution in [0, 0.1) is 5.92 Å². The average molecular weight is 238 g/mol. The molecular formula is C13H22N2O2. The standard InChI is InChI=1S/C13H22N2O2/c14-10-4-2-1-3-9(10)13(16)15-11-7-8-5-6-12(11)17-8/h8-12H,1-7,14H2,(H,15,16). The Labute approximate surface area is 102 Å². The number of nitrogens with one attached hydrogen (secondary N) is 1. The molecule has 3 fully saturated rings. The quantitative estimate of drug-likeness (QED) is 0.752. The lowest BCUT2D eigenvalue weighted by atomic mass is 9.84. The van der Waals surface area contributed by atoms with Gasteiger partial charge in [-0.1, -0.05) is 12.8 Å². The Bertz CT molecular complexity index is 308. The first-order valence-corrected chi connectivity index (χ1v) is 6.95. The van der Waals surface area contributed by atoms with Crippen molar-refractivity contribution in [3.05, 3.63) is 0 Å². The molecule has 1 amide bonds. The highest BCUT2D eigenvalue weighted by molar-refractivity contribution is 5.79. The predicted octanol–water partition coefficient (Wildman–Crippen LogP) is 0.940. The van der Waals surface area contributed by atoms with Gasteiger partial charge in [0.15, 0.2) is 0 Å². The zero-order valence-corrected chi connectivity index (χ0v) is 10.2. The molecule has 3 rings (SSSR count). The molecule has 0 aromatic rings. The van der Waals surface area contributed by atoms with Crippen LogP contribution in [-0.4, -0.2) is 30.2 Å². The average Bonchev–Trinajstić information content (AvgIpc) is 2.91. The Morgan fingerprint density at radius 1 is 1.18 bits per heavy atom. The first kappa shape index (κ1) is 11.5. The summed E-state index contributed by atoms with van der Waals surface area (Å²) in [4.78, 5) is 12.2. The van der Waals surface area contributed by atoms with Crippen LogP contribution in [-0.2, 0) is 9.53 Å². The Balaban J connectivity index is 1.56. The Kier molecular flexibility index (Phi) is 3.09. The van der Waals surface area contributed by atoms with E-state index >= 15 is 0 Å². The third-order valence-electron chi connectivity index (χ3n) is 4.59. The number of hydrogen-bond acceptors (Lipinski definition) is 3. The van der Waals surface area contributed by atoms with E-state index in [4.69, 9.17) is 10.5 Å². The summed E-state index contributed by atoms with van der Waals surface area (Å²) in [5.74, 6) is 0.196. The fraction of sp³-hybridized carbons (Fsp3) is 0.923. The predicted molar refractivity (Wildman–Crippen MR) is 64.4 cm³/mol. The summed E-state index contributed by atoms with van der Waals surface area (Å²) < 4.78 is 5.75. The molecule has 5 unspecified atom stereocenters. The van der Waals surface area contributed by atoms with Crippen molar-refractivity contribution >= 4 is 5.91 Å². The van der Waals surface area contributed by atoms with Crippen LogP contribution in [0.2, 0.25) is 0 Å². The van der Waals surface area contributed by atoms with Crippen LogP contribution in [0.3, 0.4) is 0 Å². The van der Waals surface area contributed by atoms with Crippen molar-refractivity contribution in [3.8, 4) is 0 Å². The van der Waals surface area contributed by atoms with Gasteiger partial charge in [-0.15, -0.1) is 0 Å². The minimum absolute atomic E-state index is 0.0304. The van der Waals surface area contributed by atoms with Crippen LogP contribution in [0.15, 0.2) is 0 Å². The van der Waals surface area contributed by atoms with Crippen LogP contribution in [0.25, 0.3) is 0 Å². The van der Waals surface area contributed by atoms with Crippen LogP contribution < -0.4 is 11.1 Å². The van der Waals surface area contributed by atoms with Crippen LogP contribution in [0.1, 0.15) is 44.9 Å². The Hall–Kier alpha value is -0.610. The molecule has 1 saturated carbocycles. The molecule has 5 atom stereocenters. The van der Waals surface area contributed by atoms with Gasteiger partial charge in [-0.05, 0) is 32.1 Å². The minimum atomic E-state index is 0.0304. The molecule has 0 aromatic heterocycles. The number of amides is 1. The van der Waals surface area contributed by atoms with E-state index in [9.17, 15) is 4.79 Å². The molecule has 0 aromatic carbocycles. The van der Waals surface area contributed by atoms with Crippen molar-refractivity contribution in [2.75, 3.05) is 0 Å². The van der Waals surface area contributed by atoms with Gasteiger partial charge in [-0.3, -0.25) is 4.79 Å². The molecule has 2 heterocycles. The van der Waals surface area contributed by atoms with Gasteiger partial charge in [-0.2, -0.15) is 0 Å². The topological polar surface area (TPSA) is 64.4 Å². The molecule has 1 aliphatic carbocycles. The summed E-state index contributed by atoms with van der Waals surface area (Å²) in [5.41, 5.74) is 6.04. The number of ether oxygens (including phenoxy) is 1. The molecule has 17 heavy (non-hydrogen) atoms. The summed E-state index contributed by atoms with van der Waals surface area (Å²) in [6.07, 6.45) is 8.18. The zero-order valence-electron chi connectivity index (χ0n) is 10.2. The maximum atomic E-state index is 12.2. The summed E-state index contributed by atoms with van der Waals surface area (Å²) in [7, 11) is 0. The van der Waals surface area contributed by atoms with E-state index in [1.54, 1.807) is 0 Å². The number of nitrogens with two attached hydrogens (primary N) is 1. The van der Waals surface area contributed by atoms with E-state index in [2.05, 4.69) is 5.32 Å². The van der Waals surface area contributed by atoms with Crippen molar-refractivity contribution in [1.29, 1.82) is 0 Å². The second-order valence-electron chi connectivity index (χ2n) is 5.78. The normalized spacial score (nSPS) is 44.9. The number of fused-ring (bicyclic) bond motifs is 2. The van der Waals surface area contributed by atoms with Crippen LogP contribution in [0.5, 0.6) is 0 Å². The number of carbonyl (C=O) groups excluding carboxylic acids is 1. The van der Waals surface area contributed by atoms with Crippen molar-refractivity contribution in [2.45, 2.75) is 69.2 Å². The van der Waals surface area contributed by atoms with Gasteiger partial charge in [0.25, 0.3) is 0 Å². The first-order chi connectivity index (χ1) is 8.24. The van der Waals surface area contributed by atoms with Gasteiger partial charge in [-0.25, -0.2) is 0 Å². The van der Waals surface area contributed by atoms with Gasteiger partial charge in [0.1, 0.15) is 0 Å². The highest BCUT2D eigenvalue weighted by Crippen LogP contribution is 2.34. The minimum Gasteiger partial charge on any atom is -0.373 e. The molecule has 96 valence electrons. The van der Waals surface area contributed by atoms with E-state index in [1.807, 2.05) is 0 Å². The molecule has 3 aliphatic rings. The summed E-state index contributed by atoms with van der Waals surface area (Å²) >= 11 is 0. The van der Waals surface area contributed by atoms with Crippen molar-refractivity contribution in [3.63, 3.8) is 0 Å². The summed E-state index contributed by atoms with van der Waals surface area (Å²) in [6, 6.07) is 0.304. The van der Waals surface area contributed by atoms with Crippen molar-refractivity contribution in [1.82, 2.24) is 5.32 Å². The van der Waals surface area contributed by atoms with E-state index in [-0.39, 0.29) is 30.0 Å². The SMILES string of the molecule is NC1CCCCC1C(=O)NC1CC2CCC1O2. The van der Waals surface area contributed by atoms with E-state index < -0.39 is 0 Å². The molecule has 4 heteroatoms. The van der Waals surface area contributed by atoms with Crippen LogP contribution >= 0.6 is 0 Å². The van der Waals surface area contributed by atoms with E-state index in [0.29, 0.717) is 6.10 Å². The van der Waals surface area contributed by atoms with E-state index in [0.717, 1.165) is 32.1 Å². The molecule has 2 bridgehead atoms.